The molecule has 0 saturated carbocycles. The van der Waals surface area contributed by atoms with E-state index < -0.39 is 17.9 Å². The highest BCUT2D eigenvalue weighted by molar-refractivity contribution is 9.10. The third-order valence-corrected chi connectivity index (χ3v) is 3.65. The van der Waals surface area contributed by atoms with Crippen molar-refractivity contribution in [3.05, 3.63) is 28.5 Å². The van der Waals surface area contributed by atoms with Crippen molar-refractivity contribution in [2.24, 2.45) is 5.92 Å². The number of aliphatic carboxylic acids is 1. The van der Waals surface area contributed by atoms with Gasteiger partial charge in [-0.2, -0.15) is 0 Å². The average molecular weight is 343 g/mol. The summed E-state index contributed by atoms with van der Waals surface area (Å²) in [5.74, 6) is -1.75. The minimum Gasteiger partial charge on any atom is -0.480 e. The fourth-order valence-corrected chi connectivity index (χ4v) is 2.37. The molecule has 6 nitrogen and oxygen atoms in total. The fraction of sp³-hybridized carbons (Fsp3) is 0.462. The quantitative estimate of drug-likeness (QED) is 0.864. The number of hydrogen-bond donors (Lipinski definition) is 2. The zero-order chi connectivity index (χ0) is 14.5. The summed E-state index contributed by atoms with van der Waals surface area (Å²) in [5.41, 5.74) is 0.191. The number of hydrogen-bond acceptors (Lipinski definition) is 4. The van der Waals surface area contributed by atoms with Gasteiger partial charge in [0, 0.05) is 23.2 Å². The molecule has 0 bridgehead atoms. The SMILES string of the molecule is O=C(NC(C(=O)O)C1CCCOC1)c1ccc(Br)cn1. The maximum Gasteiger partial charge on any atom is 0.326 e. The molecule has 1 aliphatic rings. The van der Waals surface area contributed by atoms with Crippen molar-refractivity contribution in [3.8, 4) is 0 Å². The number of halogens is 1. The summed E-state index contributed by atoms with van der Waals surface area (Å²) in [7, 11) is 0. The molecular weight excluding hydrogens is 328 g/mol. The minimum atomic E-state index is -1.05. The van der Waals surface area contributed by atoms with E-state index in [2.05, 4.69) is 26.2 Å². The Morgan fingerprint density at radius 3 is 2.85 bits per heavy atom. The molecule has 0 radical (unpaired) electrons. The first-order valence-corrected chi connectivity index (χ1v) is 7.10. The summed E-state index contributed by atoms with van der Waals surface area (Å²) in [5, 5.41) is 11.8. The van der Waals surface area contributed by atoms with E-state index in [1.54, 1.807) is 6.07 Å². The van der Waals surface area contributed by atoms with Crippen molar-refractivity contribution in [3.63, 3.8) is 0 Å². The van der Waals surface area contributed by atoms with Crippen LogP contribution in [0.1, 0.15) is 23.3 Å². The van der Waals surface area contributed by atoms with Crippen LogP contribution in [-0.4, -0.2) is 41.2 Å². The molecule has 2 N–H and O–H groups in total. The van der Waals surface area contributed by atoms with Crippen LogP contribution >= 0.6 is 15.9 Å². The van der Waals surface area contributed by atoms with Crippen LogP contribution < -0.4 is 5.32 Å². The van der Waals surface area contributed by atoms with Crippen LogP contribution in [0.25, 0.3) is 0 Å². The molecule has 2 atom stereocenters. The van der Waals surface area contributed by atoms with Crippen LogP contribution in [0.4, 0.5) is 0 Å². The van der Waals surface area contributed by atoms with Crippen molar-refractivity contribution in [2.75, 3.05) is 13.2 Å². The first kappa shape index (κ1) is 14.9. The lowest BCUT2D eigenvalue weighted by molar-refractivity contribution is -0.142. The summed E-state index contributed by atoms with van der Waals surface area (Å²) < 4.78 is 6.03. The zero-order valence-electron chi connectivity index (χ0n) is 10.7. The second-order valence-corrected chi connectivity index (χ2v) is 5.54. The van der Waals surface area contributed by atoms with E-state index in [9.17, 15) is 14.7 Å². The van der Waals surface area contributed by atoms with Crippen molar-refractivity contribution >= 4 is 27.8 Å². The number of nitrogens with zero attached hydrogens (tertiary/aromatic N) is 1. The minimum absolute atomic E-state index is 0.191. The molecular formula is C13H15BrN2O4. The van der Waals surface area contributed by atoms with Gasteiger partial charge in [-0.15, -0.1) is 0 Å². The Morgan fingerprint density at radius 2 is 2.30 bits per heavy atom. The molecule has 0 aromatic carbocycles. The number of nitrogens with one attached hydrogen (secondary N) is 1. The Kier molecular flexibility index (Phi) is 5.08. The van der Waals surface area contributed by atoms with Crippen LogP contribution in [0, 0.1) is 5.92 Å². The number of carboxylic acid groups (broad SMARTS) is 1. The Labute approximate surface area is 124 Å². The van der Waals surface area contributed by atoms with E-state index in [1.165, 1.54) is 12.3 Å². The number of carbonyl (C=O) groups is 2. The summed E-state index contributed by atoms with van der Waals surface area (Å²) in [6.07, 6.45) is 3.03. The first-order chi connectivity index (χ1) is 9.58. The smallest absolute Gasteiger partial charge is 0.326 e. The molecule has 2 heterocycles. The van der Waals surface area contributed by atoms with Gasteiger partial charge in [0.1, 0.15) is 11.7 Å². The fourth-order valence-electron chi connectivity index (χ4n) is 2.14. The Morgan fingerprint density at radius 1 is 1.50 bits per heavy atom. The van der Waals surface area contributed by atoms with Gasteiger partial charge < -0.3 is 15.2 Å². The molecule has 1 aromatic heterocycles. The number of rotatable bonds is 4. The van der Waals surface area contributed by atoms with Crippen LogP contribution in [-0.2, 0) is 9.53 Å². The third-order valence-electron chi connectivity index (χ3n) is 3.18. The number of ether oxygens (including phenoxy) is 1. The van der Waals surface area contributed by atoms with E-state index in [-0.39, 0.29) is 11.6 Å². The van der Waals surface area contributed by atoms with Crippen molar-refractivity contribution in [1.82, 2.24) is 10.3 Å². The maximum absolute atomic E-state index is 12.0. The van der Waals surface area contributed by atoms with Crippen molar-refractivity contribution in [1.29, 1.82) is 0 Å². The maximum atomic E-state index is 12.0. The Hall–Kier alpha value is -1.47. The largest absolute Gasteiger partial charge is 0.480 e. The first-order valence-electron chi connectivity index (χ1n) is 6.31. The Bertz CT molecular complexity index is 486. The van der Waals surface area contributed by atoms with Crippen molar-refractivity contribution < 1.29 is 19.4 Å². The van der Waals surface area contributed by atoms with E-state index in [1.807, 2.05) is 0 Å². The summed E-state index contributed by atoms with van der Waals surface area (Å²) >= 11 is 3.23. The summed E-state index contributed by atoms with van der Waals surface area (Å²) in [6, 6.07) is 2.27. The lowest BCUT2D eigenvalue weighted by atomic mass is 9.93. The lowest BCUT2D eigenvalue weighted by Gasteiger charge is -2.27. The number of carbonyl (C=O) groups excluding carboxylic acids is 1. The van der Waals surface area contributed by atoms with E-state index in [0.29, 0.717) is 13.2 Å². The molecule has 1 aromatic rings. The topological polar surface area (TPSA) is 88.5 Å². The Balaban J connectivity index is 2.05. The number of carboxylic acids is 1. The third kappa shape index (κ3) is 3.77. The number of pyridine rings is 1. The highest BCUT2D eigenvalue weighted by Crippen LogP contribution is 2.18. The normalized spacial score (nSPS) is 20.1. The highest BCUT2D eigenvalue weighted by atomic mass is 79.9. The standard InChI is InChI=1S/C13H15BrN2O4/c14-9-3-4-10(15-6-9)12(17)16-11(13(18)19)8-2-1-5-20-7-8/h3-4,6,8,11H,1-2,5,7H2,(H,16,17)(H,18,19). The van der Waals surface area contributed by atoms with Gasteiger partial charge in [0.05, 0.1) is 6.61 Å². The molecule has 20 heavy (non-hydrogen) atoms. The van der Waals surface area contributed by atoms with Gasteiger partial charge in [0.2, 0.25) is 0 Å². The zero-order valence-corrected chi connectivity index (χ0v) is 12.3. The van der Waals surface area contributed by atoms with E-state index >= 15 is 0 Å². The molecule has 2 unspecified atom stereocenters. The van der Waals surface area contributed by atoms with Gasteiger partial charge in [-0.05, 0) is 40.9 Å². The van der Waals surface area contributed by atoms with Crippen LogP contribution in [0.3, 0.4) is 0 Å². The van der Waals surface area contributed by atoms with Gasteiger partial charge >= 0.3 is 5.97 Å². The molecule has 7 heteroatoms. The second kappa shape index (κ2) is 6.81. The predicted molar refractivity (Wildman–Crippen MR) is 74.4 cm³/mol. The van der Waals surface area contributed by atoms with Gasteiger partial charge in [-0.3, -0.25) is 4.79 Å². The van der Waals surface area contributed by atoms with E-state index in [4.69, 9.17) is 4.74 Å². The van der Waals surface area contributed by atoms with Gasteiger partial charge in [0.25, 0.3) is 5.91 Å². The summed E-state index contributed by atoms with van der Waals surface area (Å²) in [6.45, 7) is 0.996. The molecule has 1 amide bonds. The monoisotopic (exact) mass is 342 g/mol. The molecule has 0 aliphatic carbocycles. The second-order valence-electron chi connectivity index (χ2n) is 4.63. The average Bonchev–Trinajstić information content (AvgIpc) is 2.46. The highest BCUT2D eigenvalue weighted by Gasteiger charge is 2.31. The van der Waals surface area contributed by atoms with Crippen LogP contribution in [0.2, 0.25) is 0 Å². The molecule has 1 saturated heterocycles. The molecule has 1 fully saturated rings. The molecule has 108 valence electrons. The van der Waals surface area contributed by atoms with Gasteiger partial charge in [-0.25, -0.2) is 9.78 Å². The van der Waals surface area contributed by atoms with Crippen LogP contribution in [0.15, 0.2) is 22.8 Å². The van der Waals surface area contributed by atoms with E-state index in [0.717, 1.165) is 17.3 Å². The number of amides is 1. The van der Waals surface area contributed by atoms with Crippen molar-refractivity contribution in [2.45, 2.75) is 18.9 Å². The predicted octanol–water partition coefficient (Wildman–Crippen LogP) is 1.45. The van der Waals surface area contributed by atoms with Gasteiger partial charge in [-0.1, -0.05) is 0 Å². The molecule has 1 aliphatic heterocycles. The lowest BCUT2D eigenvalue weighted by Crippen LogP contribution is -2.48. The molecule has 2 rings (SSSR count). The number of aromatic nitrogens is 1. The van der Waals surface area contributed by atoms with Gasteiger partial charge in [0.15, 0.2) is 0 Å². The molecule has 0 spiro atoms. The summed E-state index contributed by atoms with van der Waals surface area (Å²) in [4.78, 5) is 27.3. The van der Waals surface area contributed by atoms with Crippen LogP contribution in [0.5, 0.6) is 0 Å².